The van der Waals surface area contributed by atoms with Crippen LogP contribution in [0.1, 0.15) is 31.5 Å². The van der Waals surface area contributed by atoms with Crippen molar-refractivity contribution in [2.24, 2.45) is 0 Å². The van der Waals surface area contributed by atoms with Crippen LogP contribution >= 0.6 is 0 Å². The molecule has 0 bridgehead atoms. The topological polar surface area (TPSA) is 102 Å². The molecule has 0 amide bonds. The Morgan fingerprint density at radius 1 is 1.35 bits per heavy atom. The van der Waals surface area contributed by atoms with Crippen molar-refractivity contribution in [1.29, 1.82) is 0 Å². The van der Waals surface area contributed by atoms with E-state index in [4.69, 9.17) is 0 Å². The van der Waals surface area contributed by atoms with Crippen molar-refractivity contribution in [2.45, 2.75) is 38.6 Å². The summed E-state index contributed by atoms with van der Waals surface area (Å²) in [6.45, 7) is 4.87. The van der Waals surface area contributed by atoms with Gasteiger partial charge in [-0.15, -0.1) is 0 Å². The molecule has 0 saturated heterocycles. The minimum Gasteiger partial charge on any atom is -0.372 e. The molecule has 1 unspecified atom stereocenters. The summed E-state index contributed by atoms with van der Waals surface area (Å²) in [6, 6.07) is 0. The highest BCUT2D eigenvalue weighted by atomic mass is 32.2. The molecule has 0 aromatic carbocycles. The Balaban J connectivity index is 2.36. The molecule has 2 heterocycles. The highest BCUT2D eigenvalue weighted by molar-refractivity contribution is 7.90. The molecule has 0 saturated carbocycles. The van der Waals surface area contributed by atoms with Crippen molar-refractivity contribution in [3.8, 4) is 0 Å². The van der Waals surface area contributed by atoms with Gasteiger partial charge in [0.1, 0.15) is 11.4 Å². The van der Waals surface area contributed by atoms with Gasteiger partial charge in [-0.05, 0) is 20.3 Å². The summed E-state index contributed by atoms with van der Waals surface area (Å²) < 4.78 is 64.2. The number of hydrogen-bond acceptors (Lipinski definition) is 7. The van der Waals surface area contributed by atoms with Crippen molar-refractivity contribution in [3.05, 3.63) is 23.7 Å². The monoisotopic (exact) mass is 392 g/mol. The van der Waals surface area contributed by atoms with Crippen LogP contribution in [0.15, 0.2) is 12.4 Å². The Morgan fingerprint density at radius 2 is 2.00 bits per heavy atom. The normalized spacial score (nSPS) is 13.5. The number of alkyl halides is 3. The van der Waals surface area contributed by atoms with Crippen molar-refractivity contribution < 1.29 is 21.6 Å². The van der Waals surface area contributed by atoms with E-state index in [2.05, 4.69) is 25.7 Å². The average Bonchev–Trinajstić information content (AvgIpc) is 2.94. The summed E-state index contributed by atoms with van der Waals surface area (Å²) >= 11 is 0. The van der Waals surface area contributed by atoms with Gasteiger partial charge in [-0.3, -0.25) is 0 Å². The number of nitrogens with zero attached hydrogens (tertiary/aromatic N) is 4. The maximum Gasteiger partial charge on any atom is 0.421 e. The maximum absolute atomic E-state index is 12.9. The van der Waals surface area contributed by atoms with E-state index in [1.165, 1.54) is 13.2 Å². The van der Waals surface area contributed by atoms with Crippen molar-refractivity contribution in [2.75, 3.05) is 17.7 Å². The highest BCUT2D eigenvalue weighted by Crippen LogP contribution is 2.34. The van der Waals surface area contributed by atoms with E-state index < -0.39 is 32.8 Å². The number of anilines is 3. The summed E-state index contributed by atoms with van der Waals surface area (Å²) in [4.78, 5) is 7.42. The molecule has 2 aromatic rings. The number of halogens is 3. The first-order valence-electron chi connectivity index (χ1n) is 7.70. The first kappa shape index (κ1) is 19.9. The molecule has 2 aromatic heterocycles. The first-order chi connectivity index (χ1) is 12.0. The third-order valence-corrected chi connectivity index (χ3v) is 5.86. The van der Waals surface area contributed by atoms with Crippen LogP contribution in [0.3, 0.4) is 0 Å². The van der Waals surface area contributed by atoms with Gasteiger partial charge in [0.15, 0.2) is 0 Å². The van der Waals surface area contributed by atoms with Gasteiger partial charge in [0, 0.05) is 13.2 Å². The Kier molecular flexibility index (Phi) is 5.44. The third kappa shape index (κ3) is 3.89. The molecule has 8 nitrogen and oxygen atoms in total. The summed E-state index contributed by atoms with van der Waals surface area (Å²) in [6.07, 6.45) is -2.28. The maximum atomic E-state index is 12.9. The molecular formula is C14H19F3N6O2S. The Bertz CT molecular complexity index is 895. The molecule has 2 rings (SSSR count). The fourth-order valence-electron chi connectivity index (χ4n) is 2.04. The second kappa shape index (κ2) is 7.09. The predicted molar refractivity (Wildman–Crippen MR) is 90.9 cm³/mol. The number of hydrogen-bond donors (Lipinski definition) is 2. The number of aryl methyl sites for hydroxylation is 1. The van der Waals surface area contributed by atoms with Crippen LogP contribution in [0.5, 0.6) is 0 Å². The van der Waals surface area contributed by atoms with Crippen LogP contribution in [0.2, 0.25) is 0 Å². The second-order valence-electron chi connectivity index (χ2n) is 5.59. The van der Waals surface area contributed by atoms with E-state index in [0.29, 0.717) is 18.3 Å². The van der Waals surface area contributed by atoms with Crippen LogP contribution in [0, 0.1) is 6.92 Å². The minimum atomic E-state index is -4.60. The Morgan fingerprint density at radius 3 is 2.54 bits per heavy atom. The second-order valence-corrected chi connectivity index (χ2v) is 7.80. The van der Waals surface area contributed by atoms with Gasteiger partial charge in [0.2, 0.25) is 5.95 Å². The Labute approximate surface area is 148 Å². The molecule has 2 N–H and O–H groups in total. The molecule has 144 valence electrons. The van der Waals surface area contributed by atoms with Crippen LogP contribution in [0.4, 0.5) is 30.6 Å². The van der Waals surface area contributed by atoms with Crippen molar-refractivity contribution in [1.82, 2.24) is 19.2 Å². The molecule has 0 aliphatic heterocycles. The predicted octanol–water partition coefficient (Wildman–Crippen LogP) is 2.76. The van der Waals surface area contributed by atoms with Gasteiger partial charge < -0.3 is 10.6 Å². The zero-order valence-electron chi connectivity index (χ0n) is 14.6. The largest absolute Gasteiger partial charge is 0.421 e. The smallest absolute Gasteiger partial charge is 0.372 e. The molecule has 12 heteroatoms. The SMILES string of the molecule is CCC(C)S(=O)(=O)n1cc(Nc2ncc(C(F)(F)F)c(NC)n2)c(C)n1. The van der Waals surface area contributed by atoms with Gasteiger partial charge >= 0.3 is 6.18 Å². The standard InChI is InChI=1S/C14H19F3N6O2S/c1-5-8(2)26(24,25)23-7-11(9(3)22-23)20-13-19-6-10(14(15,16)17)12(18-4)21-13/h6-8H,5H2,1-4H3,(H2,18,19,20,21). The Hall–Kier alpha value is -2.37. The lowest BCUT2D eigenvalue weighted by molar-refractivity contribution is -0.137. The molecule has 1 atom stereocenters. The lowest BCUT2D eigenvalue weighted by Crippen LogP contribution is -2.24. The zero-order valence-corrected chi connectivity index (χ0v) is 15.4. The van der Waals surface area contributed by atoms with E-state index in [9.17, 15) is 21.6 Å². The molecule has 0 aliphatic carbocycles. The fourth-order valence-corrected chi connectivity index (χ4v) is 3.32. The molecule has 0 aliphatic rings. The van der Waals surface area contributed by atoms with Crippen LogP contribution in [-0.4, -0.2) is 39.9 Å². The number of aromatic nitrogens is 4. The van der Waals surface area contributed by atoms with Gasteiger partial charge in [-0.2, -0.15) is 27.3 Å². The molecule has 0 fully saturated rings. The minimum absolute atomic E-state index is 0.120. The summed E-state index contributed by atoms with van der Waals surface area (Å²) in [7, 11) is -2.35. The first-order valence-corrected chi connectivity index (χ1v) is 9.20. The van der Waals surface area contributed by atoms with E-state index in [-0.39, 0.29) is 11.6 Å². The average molecular weight is 392 g/mol. The molecule has 26 heavy (non-hydrogen) atoms. The van der Waals surface area contributed by atoms with Crippen molar-refractivity contribution >= 4 is 27.5 Å². The molecular weight excluding hydrogens is 373 g/mol. The summed E-state index contributed by atoms with van der Waals surface area (Å²) in [5, 5.41) is 8.40. The highest BCUT2D eigenvalue weighted by Gasteiger charge is 2.35. The van der Waals surface area contributed by atoms with Gasteiger partial charge in [0.05, 0.1) is 22.8 Å². The lowest BCUT2D eigenvalue weighted by atomic mass is 10.3. The van der Waals surface area contributed by atoms with Gasteiger partial charge in [-0.25, -0.2) is 13.4 Å². The van der Waals surface area contributed by atoms with E-state index in [1.54, 1.807) is 20.8 Å². The van der Waals surface area contributed by atoms with Crippen LogP contribution < -0.4 is 10.6 Å². The fraction of sp³-hybridized carbons (Fsp3) is 0.500. The van der Waals surface area contributed by atoms with E-state index in [1.807, 2.05) is 0 Å². The third-order valence-electron chi connectivity index (χ3n) is 3.80. The van der Waals surface area contributed by atoms with Crippen LogP contribution in [0.25, 0.3) is 0 Å². The van der Waals surface area contributed by atoms with Crippen LogP contribution in [-0.2, 0) is 16.2 Å². The summed E-state index contributed by atoms with van der Waals surface area (Å²) in [5.74, 6) is -0.516. The van der Waals surface area contributed by atoms with Crippen molar-refractivity contribution in [3.63, 3.8) is 0 Å². The quantitative estimate of drug-likeness (QED) is 0.779. The number of nitrogens with one attached hydrogen (secondary N) is 2. The van der Waals surface area contributed by atoms with Gasteiger partial charge in [-0.1, -0.05) is 6.92 Å². The zero-order chi connectivity index (χ0) is 19.7. The number of rotatable bonds is 6. The van der Waals surface area contributed by atoms with E-state index >= 15 is 0 Å². The summed E-state index contributed by atoms with van der Waals surface area (Å²) in [5.41, 5.74) is -0.387. The molecule has 0 radical (unpaired) electrons. The lowest BCUT2D eigenvalue weighted by Gasteiger charge is -2.12. The molecule has 0 spiro atoms. The van der Waals surface area contributed by atoms with Gasteiger partial charge in [0.25, 0.3) is 10.0 Å². The van der Waals surface area contributed by atoms with E-state index in [0.717, 1.165) is 4.09 Å².